The van der Waals surface area contributed by atoms with E-state index in [4.69, 9.17) is 13.3 Å². The van der Waals surface area contributed by atoms with Gasteiger partial charge in [-0.15, -0.1) is 0 Å². The molecule has 2 unspecified atom stereocenters. The molecule has 0 saturated carbocycles. The van der Waals surface area contributed by atoms with Gasteiger partial charge in [0.1, 0.15) is 0 Å². The Labute approximate surface area is 76.5 Å². The van der Waals surface area contributed by atoms with Crippen LogP contribution in [0.3, 0.4) is 0 Å². The molecule has 0 spiro atoms. The van der Waals surface area contributed by atoms with E-state index in [0.29, 0.717) is 0 Å². The van der Waals surface area contributed by atoms with Crippen LogP contribution in [0.15, 0.2) is 0 Å². The minimum absolute atomic E-state index is 0.174. The number of hydrogen-bond donors (Lipinski definition) is 0. The van der Waals surface area contributed by atoms with Crippen LogP contribution in [0.25, 0.3) is 0 Å². The van der Waals surface area contributed by atoms with Crippen molar-refractivity contribution in [3.05, 3.63) is 0 Å². The summed E-state index contributed by atoms with van der Waals surface area (Å²) in [5, 5.41) is 0. The summed E-state index contributed by atoms with van der Waals surface area (Å²) >= 11 is 0. The van der Waals surface area contributed by atoms with Gasteiger partial charge in [-0.25, -0.2) is 0 Å². The fourth-order valence-electron chi connectivity index (χ4n) is 0.734. The van der Waals surface area contributed by atoms with Crippen molar-refractivity contribution in [2.75, 3.05) is 0 Å². The summed E-state index contributed by atoms with van der Waals surface area (Å²) in [4.78, 5) is 0. The summed E-state index contributed by atoms with van der Waals surface area (Å²) in [6, 6.07) is 0. The Morgan fingerprint density at radius 3 is 1.83 bits per heavy atom. The van der Waals surface area contributed by atoms with Gasteiger partial charge in [0.2, 0.25) is 0 Å². The van der Waals surface area contributed by atoms with Gasteiger partial charge in [-0.2, -0.15) is 0 Å². The van der Waals surface area contributed by atoms with E-state index in [0.717, 1.165) is 0 Å². The van der Waals surface area contributed by atoms with Crippen LogP contribution < -0.4 is 0 Å². The number of hydrogen-bond acceptors (Lipinski definition) is 3. The molecule has 0 aromatic rings. The van der Waals surface area contributed by atoms with Gasteiger partial charge in [0, 0.05) is 0 Å². The largest absolute Gasteiger partial charge is 0.354 e. The second-order valence-electron chi connectivity index (χ2n) is 4.05. The van der Waals surface area contributed by atoms with E-state index >= 15 is 0 Å². The molecule has 0 aromatic carbocycles. The Balaban J connectivity index is 2.38. The third-order valence-corrected chi connectivity index (χ3v) is 5.31. The molecule has 1 rings (SSSR count). The lowest BCUT2D eigenvalue weighted by atomic mass is 10.3. The standard InChI is InChI=1S/C7H17O3PSi/c1-6-7(2)9-11(8-6)10-12(3,4)5/h6-7H,1-5H3. The van der Waals surface area contributed by atoms with E-state index < -0.39 is 16.9 Å². The van der Waals surface area contributed by atoms with Gasteiger partial charge in [0.05, 0.1) is 12.2 Å². The summed E-state index contributed by atoms with van der Waals surface area (Å²) in [7, 11) is -2.55. The average Bonchev–Trinajstić information content (AvgIpc) is 2.07. The van der Waals surface area contributed by atoms with Crippen LogP contribution in [-0.4, -0.2) is 20.5 Å². The zero-order valence-electron chi connectivity index (χ0n) is 8.33. The fraction of sp³-hybridized carbons (Fsp3) is 1.00. The van der Waals surface area contributed by atoms with Crippen molar-refractivity contribution < 1.29 is 13.3 Å². The van der Waals surface area contributed by atoms with Gasteiger partial charge >= 0.3 is 8.60 Å². The van der Waals surface area contributed by atoms with Gasteiger partial charge in [0.15, 0.2) is 8.32 Å². The quantitative estimate of drug-likeness (QED) is 0.516. The molecule has 1 heterocycles. The molecule has 72 valence electrons. The summed E-state index contributed by atoms with van der Waals surface area (Å²) in [5.41, 5.74) is 0. The minimum atomic E-state index is -1.50. The Bertz CT molecular complexity index is 149. The van der Waals surface area contributed by atoms with Gasteiger partial charge in [0.25, 0.3) is 0 Å². The molecule has 0 amide bonds. The van der Waals surface area contributed by atoms with Gasteiger partial charge in [-0.1, -0.05) is 0 Å². The van der Waals surface area contributed by atoms with Gasteiger partial charge in [-0.3, -0.25) is 0 Å². The molecule has 0 N–H and O–H groups in total. The van der Waals surface area contributed by atoms with E-state index in [2.05, 4.69) is 19.6 Å². The summed E-state index contributed by atoms with van der Waals surface area (Å²) in [6.45, 7) is 10.4. The SMILES string of the molecule is CC1OP(O[Si](C)(C)C)OC1C. The topological polar surface area (TPSA) is 27.7 Å². The molecule has 5 heteroatoms. The molecule has 1 aliphatic heterocycles. The highest BCUT2D eigenvalue weighted by molar-refractivity contribution is 7.44. The molecular formula is C7H17O3PSi. The van der Waals surface area contributed by atoms with Crippen LogP contribution in [0.5, 0.6) is 0 Å². The smallest absolute Gasteiger partial charge is 0.322 e. The molecule has 0 bridgehead atoms. The van der Waals surface area contributed by atoms with Crippen molar-refractivity contribution in [3.8, 4) is 0 Å². The second-order valence-corrected chi connectivity index (χ2v) is 9.87. The van der Waals surface area contributed by atoms with Crippen LogP contribution in [0.2, 0.25) is 19.6 Å². The van der Waals surface area contributed by atoms with E-state index in [-0.39, 0.29) is 12.2 Å². The first-order valence-corrected chi connectivity index (χ1v) is 8.71. The zero-order valence-corrected chi connectivity index (χ0v) is 10.2. The summed E-state index contributed by atoms with van der Waals surface area (Å²) in [5.74, 6) is 0. The summed E-state index contributed by atoms with van der Waals surface area (Å²) < 4.78 is 16.7. The Morgan fingerprint density at radius 2 is 1.50 bits per heavy atom. The maximum atomic E-state index is 5.70. The Morgan fingerprint density at radius 1 is 1.08 bits per heavy atom. The fourth-order valence-corrected chi connectivity index (χ4v) is 3.80. The maximum absolute atomic E-state index is 5.70. The van der Waals surface area contributed by atoms with Crippen LogP contribution >= 0.6 is 8.60 Å². The third kappa shape index (κ3) is 3.11. The normalized spacial score (nSPS) is 37.2. The maximum Gasteiger partial charge on any atom is 0.322 e. The first-order chi connectivity index (χ1) is 5.38. The lowest BCUT2D eigenvalue weighted by Crippen LogP contribution is -2.22. The van der Waals surface area contributed by atoms with E-state index in [1.165, 1.54) is 0 Å². The molecule has 1 aliphatic rings. The van der Waals surface area contributed by atoms with Crippen molar-refractivity contribution >= 4 is 16.9 Å². The molecule has 1 fully saturated rings. The third-order valence-electron chi connectivity index (χ3n) is 1.51. The molecule has 0 aromatic heterocycles. The Kier molecular flexibility index (Phi) is 3.29. The van der Waals surface area contributed by atoms with Crippen molar-refractivity contribution in [1.29, 1.82) is 0 Å². The predicted molar refractivity (Wildman–Crippen MR) is 52.4 cm³/mol. The van der Waals surface area contributed by atoms with Gasteiger partial charge < -0.3 is 13.3 Å². The number of rotatable bonds is 2. The van der Waals surface area contributed by atoms with Crippen LogP contribution in [0.1, 0.15) is 13.8 Å². The van der Waals surface area contributed by atoms with Gasteiger partial charge in [-0.05, 0) is 33.5 Å². The zero-order chi connectivity index (χ0) is 9.35. The van der Waals surface area contributed by atoms with Crippen molar-refractivity contribution in [1.82, 2.24) is 0 Å². The monoisotopic (exact) mass is 208 g/mol. The molecule has 3 nitrogen and oxygen atoms in total. The van der Waals surface area contributed by atoms with Crippen molar-refractivity contribution in [2.24, 2.45) is 0 Å². The highest BCUT2D eigenvalue weighted by Crippen LogP contribution is 2.50. The molecule has 0 radical (unpaired) electrons. The van der Waals surface area contributed by atoms with Crippen LogP contribution in [0.4, 0.5) is 0 Å². The molecule has 2 atom stereocenters. The molecule has 1 saturated heterocycles. The van der Waals surface area contributed by atoms with Crippen LogP contribution in [-0.2, 0) is 13.3 Å². The van der Waals surface area contributed by atoms with Crippen molar-refractivity contribution in [2.45, 2.75) is 45.7 Å². The lowest BCUT2D eigenvalue weighted by Gasteiger charge is -2.19. The van der Waals surface area contributed by atoms with E-state index in [1.807, 2.05) is 13.8 Å². The predicted octanol–water partition coefficient (Wildman–Crippen LogP) is 2.89. The van der Waals surface area contributed by atoms with E-state index in [9.17, 15) is 0 Å². The second kappa shape index (κ2) is 3.72. The van der Waals surface area contributed by atoms with Crippen LogP contribution in [0, 0.1) is 0 Å². The average molecular weight is 208 g/mol. The highest BCUT2D eigenvalue weighted by Gasteiger charge is 2.35. The summed E-state index contributed by atoms with van der Waals surface area (Å²) in [6.07, 6.45) is 0.347. The molecular weight excluding hydrogens is 191 g/mol. The minimum Gasteiger partial charge on any atom is -0.354 e. The lowest BCUT2D eigenvalue weighted by molar-refractivity contribution is 0.187. The first kappa shape index (κ1) is 10.6. The Hall–Kier alpha value is 0.527. The highest BCUT2D eigenvalue weighted by atomic mass is 31.2. The van der Waals surface area contributed by atoms with Crippen molar-refractivity contribution in [3.63, 3.8) is 0 Å². The van der Waals surface area contributed by atoms with E-state index in [1.54, 1.807) is 0 Å². The molecule has 12 heavy (non-hydrogen) atoms. The molecule has 0 aliphatic carbocycles. The first-order valence-electron chi connectivity index (χ1n) is 4.21.